The van der Waals surface area contributed by atoms with Crippen molar-refractivity contribution in [1.82, 2.24) is 31.1 Å². The minimum atomic E-state index is -6.22. The number of aromatic nitrogens is 5. The van der Waals surface area contributed by atoms with Crippen LogP contribution in [0, 0.1) is 6.92 Å². The number of aryl methyl sites for hydroxylation is 1. The Bertz CT molecular complexity index is 4000. The first-order chi connectivity index (χ1) is 46.0. The van der Waals surface area contributed by atoms with E-state index in [0.29, 0.717) is 41.1 Å². The molecule has 0 unspecified atom stereocenters. The molecular weight excluding hydrogens is 1490 g/mol. The third kappa shape index (κ3) is 29.0. The van der Waals surface area contributed by atoms with Gasteiger partial charge in [0.1, 0.15) is 84.9 Å². The molecule has 9 rings (SSSR count). The van der Waals surface area contributed by atoms with Gasteiger partial charge in [-0.3, -0.25) is 14.4 Å². The summed E-state index contributed by atoms with van der Waals surface area (Å²) in [6.07, 6.45) is -17.2. The molecule has 2 aliphatic rings. The third-order valence-electron chi connectivity index (χ3n) is 11.3. The molecule has 0 saturated heterocycles. The first-order valence-corrected chi connectivity index (χ1v) is 29.0. The number of nitrogens with zero attached hydrogens (tertiary/aromatic N) is 7. The number of nitrogens with two attached hydrogens (primary N) is 1. The van der Waals surface area contributed by atoms with Crippen molar-refractivity contribution in [3.63, 3.8) is 0 Å². The van der Waals surface area contributed by atoms with Crippen LogP contribution < -0.4 is 49.2 Å². The number of fused-ring (bicyclic) bond motifs is 2. The van der Waals surface area contributed by atoms with Gasteiger partial charge in [-0.25, -0.2) is 24.0 Å². The van der Waals surface area contributed by atoms with Gasteiger partial charge in [-0.05, 0) is 31.2 Å². The summed E-state index contributed by atoms with van der Waals surface area (Å²) < 4.78 is 212. The topological polar surface area (TPSA) is 451 Å². The van der Waals surface area contributed by atoms with Crippen molar-refractivity contribution in [2.75, 3.05) is 65.5 Å². The summed E-state index contributed by atoms with van der Waals surface area (Å²) in [7, 11) is 1.22. The van der Waals surface area contributed by atoms with Gasteiger partial charge in [0.25, 0.3) is 11.8 Å². The van der Waals surface area contributed by atoms with Crippen molar-refractivity contribution in [2.45, 2.75) is 67.4 Å². The summed E-state index contributed by atoms with van der Waals surface area (Å²) in [4.78, 5) is 91.5. The molecule has 0 radical (unpaired) electrons. The number of likely N-dealkylation sites (N-methyl/N-ethyl adjacent to an activating group) is 2. The number of hydrogen-bond acceptors (Lipinski definition) is 28. The maximum absolute atomic E-state index is 12.5. The number of benzene rings is 2. The van der Waals surface area contributed by atoms with Gasteiger partial charge in [-0.2, -0.15) is 56.7 Å². The van der Waals surface area contributed by atoms with Gasteiger partial charge in [0.05, 0.1) is 45.1 Å². The van der Waals surface area contributed by atoms with Crippen LogP contribution in [0.2, 0.25) is 0 Å². The van der Waals surface area contributed by atoms with E-state index >= 15 is 0 Å². The van der Waals surface area contributed by atoms with Gasteiger partial charge in [-0.15, -0.1) is 0 Å². The van der Waals surface area contributed by atoms with Crippen molar-refractivity contribution in [3.05, 3.63) is 136 Å². The molecule has 5 N–H and O–H groups in total. The van der Waals surface area contributed by atoms with Crippen LogP contribution in [0.3, 0.4) is 0 Å². The molecule has 101 heavy (non-hydrogen) atoms. The summed E-state index contributed by atoms with van der Waals surface area (Å²) in [5.41, 5.74) is 6.20. The fourth-order valence-corrected chi connectivity index (χ4v) is 7.36. The maximum Gasteiger partial charge on any atom is 1.00 e. The SMILES string of the molecule is CN1C(=O)[C@@H](N)COc2ccccc21.CN1C(=O)[C@@H](NC(=O)c2cc(CC(F)(F)F)on2)COc2ccccc21.COC(=O)C(F)(F)S(=O)(=O)F.COC(=O)c1cc(C)on1.COC(=O)c1cc(CBr)on1.COC(=O)c1cc(CC(F)(F)F)on1.O=C(O)c1cc(CC(F)(F)F)on1.[Li+].[OH-]. The number of nitrogens with one attached hydrogen (secondary N) is 1. The van der Waals surface area contributed by atoms with Crippen molar-refractivity contribution < 1.29 is 179 Å². The van der Waals surface area contributed by atoms with Crippen molar-refractivity contribution in [3.8, 4) is 11.5 Å². The van der Waals surface area contributed by atoms with Crippen molar-refractivity contribution in [1.29, 1.82) is 0 Å². The van der Waals surface area contributed by atoms with Crippen LogP contribution in [0.5, 0.6) is 11.5 Å². The van der Waals surface area contributed by atoms with Crippen molar-refractivity contribution >= 4 is 85.1 Å². The van der Waals surface area contributed by atoms with E-state index in [4.69, 9.17) is 24.8 Å². The average Bonchev–Trinajstić information content (AvgIpc) is 1.81. The van der Waals surface area contributed by atoms with E-state index in [1.54, 1.807) is 38.2 Å². The van der Waals surface area contributed by atoms with E-state index in [-0.39, 0.29) is 66.2 Å². The van der Waals surface area contributed by atoms with Crippen LogP contribution in [0.1, 0.15) is 81.2 Å². The average molecular weight is 1540 g/mol. The van der Waals surface area contributed by atoms with E-state index in [0.717, 1.165) is 31.0 Å². The number of carboxylic acids is 1. The summed E-state index contributed by atoms with van der Waals surface area (Å²) in [6.45, 7) is 1.82. The molecule has 47 heteroatoms. The summed E-state index contributed by atoms with van der Waals surface area (Å²) in [6, 6.07) is 18.2. The standard InChI is InChI=1S/C16H14F3N3O4.C10H12N2O2.C7H6F3NO3.C6H6BrNO3.C6H4F3NO3.C6H7NO3.C3H3F3O4S.Li.H2O/c1-22-12-4-2-3-5-13(12)25-8-11(15(22)24)20-14(23)10-6-9(26-21-10)7-16(17,18)19;1-12-8-4-2-3-5-9(8)14-6-7(11)10(12)13;1-13-6(12)5-2-4(14-11-5)3-7(8,9)10;1-10-6(9)5-2-4(3-7)11-8-5;7-6(8,9)2-3-1-4(5(11)12)10-13-3;1-4-3-5(7-10-4)6(8)9-2;1-10-2(7)3(4,5)11(6,8)9;;/h2-6,11H,7-8H2,1H3,(H,20,23);2-5,7H,6,11H2,1H3;2H,3H2,1H3;2H,3H2,1H3;1H,2H2,(H,11,12);3H,1-2H3;1H3;;1H2/q;;;;;;;+1;/p-1/t11-;7-;;;;;;;/m00......./s1. The largest absolute Gasteiger partial charge is 1.00 e. The number of para-hydroxylation sites is 4. The van der Waals surface area contributed by atoms with Crippen LogP contribution in [-0.4, -0.2) is 184 Å². The quantitative estimate of drug-likeness (QED) is 0.0382. The van der Waals surface area contributed by atoms with Gasteiger partial charge >= 0.3 is 82.7 Å². The number of carbonyl (C=O) groups is 8. The van der Waals surface area contributed by atoms with Crippen LogP contribution in [0.15, 0.2) is 101 Å². The van der Waals surface area contributed by atoms with Crippen molar-refractivity contribution in [2.24, 2.45) is 5.73 Å². The van der Waals surface area contributed by atoms with E-state index in [1.807, 2.05) is 24.3 Å². The first-order valence-electron chi connectivity index (χ1n) is 26.5. The van der Waals surface area contributed by atoms with Gasteiger partial charge in [0.15, 0.2) is 28.5 Å². The number of alkyl halides is 12. The number of methoxy groups -OCH3 is 4. The van der Waals surface area contributed by atoms with Crippen LogP contribution in [0.4, 0.5) is 63.6 Å². The fraction of sp³-hybridized carbons (Fsp3) is 0.352. The van der Waals surface area contributed by atoms with Gasteiger partial charge in [-0.1, -0.05) is 69.9 Å². The number of aromatic carboxylic acids is 1. The number of hydrogen-bond donors (Lipinski definition) is 3. The number of esters is 4. The zero-order chi connectivity index (χ0) is 75.0. The number of ether oxygens (including phenoxy) is 6. The number of rotatable bonds is 12. The molecule has 0 spiro atoms. The molecule has 0 aliphatic carbocycles. The molecular formula is C54H53BrF12LiN9O23S. The minimum absolute atomic E-state index is 0. The first kappa shape index (κ1) is 89.0. The summed E-state index contributed by atoms with van der Waals surface area (Å²) in [5.74, 6) is -6.06. The second-order valence-electron chi connectivity index (χ2n) is 18.8. The number of carbonyl (C=O) groups excluding carboxylic acids is 7. The van der Waals surface area contributed by atoms with Crippen LogP contribution >= 0.6 is 15.9 Å². The molecule has 2 aliphatic heterocycles. The number of carboxylic acid groups (broad SMARTS) is 1. The molecule has 2 aromatic carbocycles. The second-order valence-corrected chi connectivity index (χ2v) is 20.7. The molecule has 7 heterocycles. The molecule has 2 atom stereocenters. The summed E-state index contributed by atoms with van der Waals surface area (Å²) >= 11 is 3.16. The zero-order valence-corrected chi connectivity index (χ0v) is 55.3. The number of anilines is 2. The predicted molar refractivity (Wildman–Crippen MR) is 309 cm³/mol. The minimum Gasteiger partial charge on any atom is -0.870 e. The van der Waals surface area contributed by atoms with E-state index < -0.39 is 130 Å². The van der Waals surface area contributed by atoms with Crippen LogP contribution in [0.25, 0.3) is 0 Å². The Kier molecular flexibility index (Phi) is 34.9. The van der Waals surface area contributed by atoms with Gasteiger partial charge in [0.2, 0.25) is 5.91 Å². The van der Waals surface area contributed by atoms with E-state index in [1.165, 1.54) is 43.2 Å². The molecule has 5 aromatic heterocycles. The Balaban J connectivity index is 0.000000605. The molecule has 0 bridgehead atoms. The Hall–Kier alpha value is -10.0. The monoisotopic (exact) mass is 1540 g/mol. The zero-order valence-electron chi connectivity index (χ0n) is 52.9. The molecule has 0 saturated carbocycles. The molecule has 7 aromatic rings. The number of halogens is 13. The summed E-state index contributed by atoms with van der Waals surface area (Å²) in [5, 5.41) is 22.4. The maximum atomic E-state index is 12.5. The molecule has 32 nitrogen and oxygen atoms in total. The Morgan fingerprint density at radius 2 is 0.941 bits per heavy atom. The smallest absolute Gasteiger partial charge is 0.870 e. The normalized spacial score (nSPS) is 13.8. The Labute approximate surface area is 579 Å². The Morgan fingerprint density at radius 1 is 0.584 bits per heavy atom. The van der Waals surface area contributed by atoms with Gasteiger partial charge in [0, 0.05) is 44.4 Å². The second kappa shape index (κ2) is 39.7. The van der Waals surface area contributed by atoms with E-state index in [9.17, 15) is 99.0 Å². The Morgan fingerprint density at radius 3 is 1.30 bits per heavy atom. The van der Waals surface area contributed by atoms with E-state index in [2.05, 4.69) is 84.1 Å². The third-order valence-corrected chi connectivity index (χ3v) is 12.7. The fourth-order valence-electron chi connectivity index (χ4n) is 6.82. The molecule has 3 amide bonds. The molecule has 550 valence electrons. The predicted octanol–water partition coefficient (Wildman–Crippen LogP) is 4.35. The van der Waals surface area contributed by atoms with Gasteiger partial charge < -0.3 is 82.5 Å². The number of amides is 3. The molecule has 0 fully saturated rings. The van der Waals surface area contributed by atoms with Crippen LogP contribution in [-0.2, 0) is 68.1 Å².